The second-order valence-corrected chi connectivity index (χ2v) is 8.83. The molecule has 0 atom stereocenters. The summed E-state index contributed by atoms with van der Waals surface area (Å²) in [5, 5.41) is 0. The van der Waals surface area contributed by atoms with Crippen LogP contribution in [0.3, 0.4) is 0 Å². The maximum absolute atomic E-state index is 14.0. The fourth-order valence-corrected chi connectivity index (χ4v) is 5.00. The Morgan fingerprint density at radius 1 is 0.697 bits per heavy atom. The normalized spacial score (nSPS) is 13.0. The van der Waals surface area contributed by atoms with Crippen molar-refractivity contribution in [2.45, 2.75) is 31.7 Å². The Labute approximate surface area is 196 Å². The second kappa shape index (κ2) is 9.87. The number of carbonyl (C=O) groups is 1. The first kappa shape index (κ1) is 21.2. The molecule has 0 aliphatic heterocycles. The first-order valence-corrected chi connectivity index (χ1v) is 11.9. The number of amides is 1. The van der Waals surface area contributed by atoms with Crippen molar-refractivity contribution < 1.29 is 4.79 Å². The highest BCUT2D eigenvalue weighted by Gasteiger charge is 2.31. The lowest BCUT2D eigenvalue weighted by molar-refractivity contribution is 0.0683. The molecule has 0 saturated heterocycles. The topological polar surface area (TPSA) is 20.3 Å². The molecule has 1 amide bonds. The first-order valence-electron chi connectivity index (χ1n) is 11.9. The highest BCUT2D eigenvalue weighted by atomic mass is 16.2. The van der Waals surface area contributed by atoms with Crippen molar-refractivity contribution in [3.8, 4) is 11.1 Å². The van der Waals surface area contributed by atoms with Crippen LogP contribution in [0, 0.1) is 0 Å². The van der Waals surface area contributed by atoms with Gasteiger partial charge in [-0.3, -0.25) is 4.79 Å². The number of hydrogen-bond acceptors (Lipinski definition) is 1. The van der Waals surface area contributed by atoms with Gasteiger partial charge >= 0.3 is 0 Å². The molecule has 164 valence electrons. The molecule has 33 heavy (non-hydrogen) atoms. The van der Waals surface area contributed by atoms with Crippen molar-refractivity contribution >= 4 is 5.91 Å². The molecule has 0 N–H and O–H groups in total. The highest BCUT2D eigenvalue weighted by Crippen LogP contribution is 2.30. The van der Waals surface area contributed by atoms with E-state index < -0.39 is 0 Å². The van der Waals surface area contributed by atoms with E-state index in [0.717, 1.165) is 48.9 Å². The summed E-state index contributed by atoms with van der Waals surface area (Å²) in [6.07, 6.45) is 3.79. The van der Waals surface area contributed by atoms with Gasteiger partial charge in [-0.2, -0.15) is 0 Å². The Morgan fingerprint density at radius 2 is 1.27 bits per heavy atom. The van der Waals surface area contributed by atoms with E-state index in [1.165, 1.54) is 16.7 Å². The van der Waals surface area contributed by atoms with Crippen molar-refractivity contribution in [1.82, 2.24) is 4.90 Å². The van der Waals surface area contributed by atoms with Gasteiger partial charge in [0, 0.05) is 18.2 Å². The summed E-state index contributed by atoms with van der Waals surface area (Å²) in [5.74, 6) is 0.139. The lowest BCUT2D eigenvalue weighted by Crippen LogP contribution is -2.42. The van der Waals surface area contributed by atoms with Crippen molar-refractivity contribution in [2.75, 3.05) is 6.54 Å². The quantitative estimate of drug-likeness (QED) is 0.323. The summed E-state index contributed by atoms with van der Waals surface area (Å²) < 4.78 is 0. The van der Waals surface area contributed by atoms with Gasteiger partial charge in [-0.05, 0) is 59.6 Å². The van der Waals surface area contributed by atoms with Gasteiger partial charge in [0.15, 0.2) is 0 Å². The Balaban J connectivity index is 1.42. The molecule has 4 aromatic rings. The number of nitrogens with zero attached hydrogens (tertiary/aromatic N) is 1. The third-order valence-corrected chi connectivity index (χ3v) is 6.68. The lowest BCUT2D eigenvalue weighted by Gasteiger charge is -2.30. The zero-order valence-electron chi connectivity index (χ0n) is 18.9. The summed E-state index contributed by atoms with van der Waals surface area (Å²) >= 11 is 0. The molecule has 1 aliphatic carbocycles. The number of benzene rings is 4. The van der Waals surface area contributed by atoms with Gasteiger partial charge in [-0.1, -0.05) is 103 Å². The van der Waals surface area contributed by atoms with E-state index >= 15 is 0 Å². The van der Waals surface area contributed by atoms with E-state index in [1.54, 1.807) is 0 Å². The smallest absolute Gasteiger partial charge is 0.254 e. The maximum atomic E-state index is 14.0. The van der Waals surface area contributed by atoms with E-state index in [0.29, 0.717) is 0 Å². The van der Waals surface area contributed by atoms with Crippen molar-refractivity contribution in [2.24, 2.45) is 0 Å². The van der Waals surface area contributed by atoms with Gasteiger partial charge in [0.1, 0.15) is 0 Å². The standard InChI is InChI=1S/C31H29NO/c33-31(30-20-10-9-19-29(30)25-15-5-2-6-16-25)32(21-11-14-24-12-3-1-4-13-24)28-22-26-17-7-8-18-27(26)23-28/h1-10,12-13,15-20,28H,11,14,21-23H2. The summed E-state index contributed by atoms with van der Waals surface area (Å²) in [6.45, 7) is 0.759. The molecule has 0 saturated carbocycles. The summed E-state index contributed by atoms with van der Waals surface area (Å²) in [5.41, 5.74) is 6.95. The third kappa shape index (κ3) is 4.75. The number of rotatable bonds is 7. The molecule has 0 spiro atoms. The van der Waals surface area contributed by atoms with Crippen LogP contribution in [-0.2, 0) is 19.3 Å². The summed E-state index contributed by atoms with van der Waals surface area (Å²) in [7, 11) is 0. The van der Waals surface area contributed by atoms with Crippen LogP contribution in [0.2, 0.25) is 0 Å². The third-order valence-electron chi connectivity index (χ3n) is 6.68. The molecule has 0 unspecified atom stereocenters. The second-order valence-electron chi connectivity index (χ2n) is 8.83. The van der Waals surface area contributed by atoms with Crippen molar-refractivity contribution in [3.63, 3.8) is 0 Å². The van der Waals surface area contributed by atoms with Crippen molar-refractivity contribution in [1.29, 1.82) is 0 Å². The van der Waals surface area contributed by atoms with Crippen LogP contribution in [0.15, 0.2) is 109 Å². The molecule has 0 bridgehead atoms. The average Bonchev–Trinajstić information content (AvgIpc) is 3.31. The predicted octanol–water partition coefficient (Wildman–Crippen LogP) is 6.60. The average molecular weight is 432 g/mol. The van der Waals surface area contributed by atoms with E-state index in [1.807, 2.05) is 36.4 Å². The van der Waals surface area contributed by atoms with E-state index in [-0.39, 0.29) is 11.9 Å². The monoisotopic (exact) mass is 431 g/mol. The Morgan fingerprint density at radius 3 is 1.97 bits per heavy atom. The van der Waals surface area contributed by atoms with Gasteiger partial charge in [0.2, 0.25) is 0 Å². The summed E-state index contributed by atoms with van der Waals surface area (Å²) in [4.78, 5) is 16.2. The lowest BCUT2D eigenvalue weighted by atomic mass is 9.98. The van der Waals surface area contributed by atoms with Crippen LogP contribution in [0.1, 0.15) is 33.5 Å². The minimum absolute atomic E-state index is 0.139. The molecule has 2 heteroatoms. The van der Waals surface area contributed by atoms with Crippen LogP contribution in [0.5, 0.6) is 0 Å². The Hall–Kier alpha value is -3.65. The molecule has 1 aliphatic rings. The van der Waals surface area contributed by atoms with Crippen molar-refractivity contribution in [3.05, 3.63) is 131 Å². The first-order chi connectivity index (χ1) is 16.3. The van der Waals surface area contributed by atoms with Crippen LogP contribution >= 0.6 is 0 Å². The molecule has 0 fully saturated rings. The summed E-state index contributed by atoms with van der Waals surface area (Å²) in [6, 6.07) is 37.7. The van der Waals surface area contributed by atoms with E-state index in [9.17, 15) is 4.79 Å². The predicted molar refractivity (Wildman–Crippen MR) is 135 cm³/mol. The number of hydrogen-bond donors (Lipinski definition) is 0. The SMILES string of the molecule is O=C(c1ccccc1-c1ccccc1)N(CCCc1ccccc1)C1Cc2ccccc2C1. The van der Waals surface area contributed by atoms with Gasteiger partial charge in [0.05, 0.1) is 0 Å². The largest absolute Gasteiger partial charge is 0.335 e. The van der Waals surface area contributed by atoms with Gasteiger partial charge in [0.25, 0.3) is 5.91 Å². The molecule has 0 radical (unpaired) electrons. The molecule has 5 rings (SSSR count). The van der Waals surface area contributed by atoms with Crippen LogP contribution in [0.25, 0.3) is 11.1 Å². The zero-order chi connectivity index (χ0) is 22.5. The number of fused-ring (bicyclic) bond motifs is 1. The van der Waals surface area contributed by atoms with E-state index in [2.05, 4.69) is 77.7 Å². The van der Waals surface area contributed by atoms with Gasteiger partial charge in [-0.25, -0.2) is 0 Å². The minimum atomic E-state index is 0.139. The van der Waals surface area contributed by atoms with Gasteiger partial charge in [-0.15, -0.1) is 0 Å². The van der Waals surface area contributed by atoms with Crippen LogP contribution < -0.4 is 0 Å². The van der Waals surface area contributed by atoms with Gasteiger partial charge < -0.3 is 4.90 Å². The highest BCUT2D eigenvalue weighted by molar-refractivity contribution is 6.01. The fraction of sp³-hybridized carbons (Fsp3) is 0.194. The molecule has 2 nitrogen and oxygen atoms in total. The van der Waals surface area contributed by atoms with E-state index in [4.69, 9.17) is 0 Å². The molecular weight excluding hydrogens is 402 g/mol. The Kier molecular flexibility index (Phi) is 6.34. The molecule has 0 aromatic heterocycles. The minimum Gasteiger partial charge on any atom is -0.335 e. The maximum Gasteiger partial charge on any atom is 0.254 e. The zero-order valence-corrected chi connectivity index (χ0v) is 18.9. The van der Waals surface area contributed by atoms with Crippen LogP contribution in [-0.4, -0.2) is 23.4 Å². The Bertz CT molecular complexity index is 1190. The molecule has 0 heterocycles. The number of carbonyl (C=O) groups excluding carboxylic acids is 1. The fourth-order valence-electron chi connectivity index (χ4n) is 5.00. The number of aryl methyl sites for hydroxylation is 1. The molecule has 4 aromatic carbocycles. The van der Waals surface area contributed by atoms with Crippen LogP contribution in [0.4, 0.5) is 0 Å². The molecular formula is C31H29NO.